The van der Waals surface area contributed by atoms with Gasteiger partial charge < -0.3 is 14.2 Å². The lowest BCUT2D eigenvalue weighted by Gasteiger charge is -2.24. The minimum absolute atomic E-state index is 0.220. The molecule has 4 aromatic rings. The summed E-state index contributed by atoms with van der Waals surface area (Å²) >= 11 is 10.8. The molecular weight excluding hydrogens is 628 g/mol. The maximum Gasteiger partial charge on any atom is 0.338 e. The molecule has 10 heteroatoms. The molecule has 41 heavy (non-hydrogen) atoms. The van der Waals surface area contributed by atoms with Crippen LogP contribution in [0.2, 0.25) is 5.02 Å². The molecule has 1 atom stereocenters. The molecule has 210 valence electrons. The molecule has 0 saturated heterocycles. The van der Waals surface area contributed by atoms with E-state index in [1.807, 2.05) is 66.7 Å². The van der Waals surface area contributed by atoms with E-state index >= 15 is 0 Å². The molecule has 3 aromatic carbocycles. The summed E-state index contributed by atoms with van der Waals surface area (Å²) in [5.41, 5.74) is 3.11. The summed E-state index contributed by atoms with van der Waals surface area (Å²) in [6.45, 7) is 4.06. The van der Waals surface area contributed by atoms with E-state index in [1.165, 1.54) is 11.3 Å². The Kier molecular flexibility index (Phi) is 8.77. The SMILES string of the molecule is CCOC(=O)C1=C(C)N=c2sc(=Cc3cc(Br)c(OCc4ccc(Cl)cc4)c(OC)c3)c(=O)n2C1c1ccccc1. The van der Waals surface area contributed by atoms with Gasteiger partial charge in [0.05, 0.1) is 40.0 Å². The number of aromatic nitrogens is 1. The van der Waals surface area contributed by atoms with Gasteiger partial charge in [0.15, 0.2) is 16.3 Å². The van der Waals surface area contributed by atoms with Gasteiger partial charge in [-0.05, 0) is 76.8 Å². The summed E-state index contributed by atoms with van der Waals surface area (Å²) in [7, 11) is 1.56. The van der Waals surface area contributed by atoms with Crippen LogP contribution in [0.1, 0.15) is 36.6 Å². The van der Waals surface area contributed by atoms with Crippen LogP contribution in [0.4, 0.5) is 0 Å². The monoisotopic (exact) mass is 652 g/mol. The topological polar surface area (TPSA) is 79.1 Å². The van der Waals surface area contributed by atoms with Gasteiger partial charge in [-0.15, -0.1) is 0 Å². The number of carbonyl (C=O) groups is 1. The van der Waals surface area contributed by atoms with Crippen LogP contribution in [0.5, 0.6) is 11.5 Å². The Bertz CT molecular complexity index is 1810. The summed E-state index contributed by atoms with van der Waals surface area (Å²) in [6.07, 6.45) is 1.78. The number of fused-ring (bicyclic) bond motifs is 1. The van der Waals surface area contributed by atoms with Gasteiger partial charge in [-0.25, -0.2) is 9.79 Å². The summed E-state index contributed by atoms with van der Waals surface area (Å²) in [6, 6.07) is 19.9. The number of ether oxygens (including phenoxy) is 3. The van der Waals surface area contributed by atoms with Crippen LogP contribution in [0.3, 0.4) is 0 Å². The minimum atomic E-state index is -0.654. The molecule has 0 radical (unpaired) electrons. The van der Waals surface area contributed by atoms with Crippen molar-refractivity contribution in [3.05, 3.63) is 124 Å². The first kappa shape index (κ1) is 28.9. The summed E-state index contributed by atoms with van der Waals surface area (Å²) in [5, 5.41) is 0.657. The van der Waals surface area contributed by atoms with Gasteiger partial charge in [0.25, 0.3) is 5.56 Å². The fourth-order valence-corrected chi connectivity index (χ4v) is 6.34. The predicted octanol–water partition coefficient (Wildman–Crippen LogP) is 5.80. The normalized spacial score (nSPS) is 14.9. The van der Waals surface area contributed by atoms with E-state index in [0.717, 1.165) is 16.7 Å². The molecular formula is C31H26BrClN2O5S. The quantitative estimate of drug-likeness (QED) is 0.225. The average molecular weight is 654 g/mol. The van der Waals surface area contributed by atoms with Gasteiger partial charge >= 0.3 is 5.97 Å². The zero-order valence-corrected chi connectivity index (χ0v) is 25.7. The van der Waals surface area contributed by atoms with Crippen LogP contribution in [0, 0.1) is 0 Å². The predicted molar refractivity (Wildman–Crippen MR) is 163 cm³/mol. The number of nitrogens with zero attached hydrogens (tertiary/aromatic N) is 2. The first-order valence-electron chi connectivity index (χ1n) is 12.8. The summed E-state index contributed by atoms with van der Waals surface area (Å²) in [4.78, 5) is 32.0. The Hall–Kier alpha value is -3.66. The van der Waals surface area contributed by atoms with Crippen molar-refractivity contribution in [3.8, 4) is 11.5 Å². The van der Waals surface area contributed by atoms with Gasteiger partial charge in [0.2, 0.25) is 0 Å². The Labute approximate surface area is 254 Å². The Morgan fingerprint density at radius 1 is 1.15 bits per heavy atom. The molecule has 0 amide bonds. The number of allylic oxidation sites excluding steroid dienone is 1. The minimum Gasteiger partial charge on any atom is -0.493 e. The van der Waals surface area contributed by atoms with E-state index in [2.05, 4.69) is 20.9 Å². The molecule has 1 unspecified atom stereocenters. The van der Waals surface area contributed by atoms with Crippen molar-refractivity contribution in [1.82, 2.24) is 4.57 Å². The van der Waals surface area contributed by atoms with Gasteiger partial charge in [0.1, 0.15) is 6.61 Å². The number of halogens is 2. The Morgan fingerprint density at radius 2 is 1.88 bits per heavy atom. The van der Waals surface area contributed by atoms with Crippen molar-refractivity contribution >= 4 is 50.9 Å². The van der Waals surface area contributed by atoms with Crippen molar-refractivity contribution in [2.45, 2.75) is 26.5 Å². The maximum absolute atomic E-state index is 13.9. The molecule has 1 aliphatic heterocycles. The van der Waals surface area contributed by atoms with Gasteiger partial charge in [0, 0.05) is 5.02 Å². The van der Waals surface area contributed by atoms with Gasteiger partial charge in [-0.2, -0.15) is 0 Å². The van der Waals surface area contributed by atoms with E-state index in [1.54, 1.807) is 31.6 Å². The zero-order valence-electron chi connectivity index (χ0n) is 22.5. The Balaban J connectivity index is 1.56. The highest BCUT2D eigenvalue weighted by molar-refractivity contribution is 9.10. The van der Waals surface area contributed by atoms with E-state index < -0.39 is 12.0 Å². The standard InChI is InChI=1S/C31H26BrClN2O5S/c1-4-39-30(37)26-18(2)34-31-35(27(26)21-8-6-5-7-9-21)29(36)25(41-31)16-20-14-23(32)28(24(15-20)38-3)40-17-19-10-12-22(33)13-11-19/h5-16,27H,4,17H2,1-3H3. The van der Waals surface area contributed by atoms with Crippen LogP contribution in [0.25, 0.3) is 6.08 Å². The van der Waals surface area contributed by atoms with E-state index in [4.69, 9.17) is 25.8 Å². The van der Waals surface area contributed by atoms with Crippen molar-refractivity contribution in [2.24, 2.45) is 4.99 Å². The molecule has 1 aliphatic rings. The third-order valence-corrected chi connectivity index (χ3v) is 8.30. The smallest absolute Gasteiger partial charge is 0.338 e. The molecule has 0 N–H and O–H groups in total. The number of rotatable bonds is 8. The van der Waals surface area contributed by atoms with Crippen molar-refractivity contribution < 1.29 is 19.0 Å². The molecule has 0 fully saturated rings. The van der Waals surface area contributed by atoms with Crippen LogP contribution < -0.4 is 24.4 Å². The molecule has 5 rings (SSSR count). The van der Waals surface area contributed by atoms with Crippen LogP contribution >= 0.6 is 38.9 Å². The first-order valence-corrected chi connectivity index (χ1v) is 14.8. The molecule has 1 aromatic heterocycles. The molecule has 7 nitrogen and oxygen atoms in total. The molecule has 0 saturated carbocycles. The maximum atomic E-state index is 13.9. The van der Waals surface area contributed by atoms with Crippen molar-refractivity contribution in [1.29, 1.82) is 0 Å². The summed E-state index contributed by atoms with van der Waals surface area (Å²) in [5.74, 6) is 0.564. The highest BCUT2D eigenvalue weighted by atomic mass is 79.9. The fourth-order valence-electron chi connectivity index (χ4n) is 4.59. The highest BCUT2D eigenvalue weighted by Gasteiger charge is 2.33. The molecule has 0 spiro atoms. The number of carbonyl (C=O) groups excluding carboxylic acids is 1. The second-order valence-electron chi connectivity index (χ2n) is 9.16. The lowest BCUT2D eigenvalue weighted by molar-refractivity contribution is -0.139. The van der Waals surface area contributed by atoms with Crippen LogP contribution in [0.15, 0.2) is 92.3 Å². The Morgan fingerprint density at radius 3 is 2.56 bits per heavy atom. The lowest BCUT2D eigenvalue weighted by Crippen LogP contribution is -2.39. The van der Waals surface area contributed by atoms with E-state index in [-0.39, 0.29) is 12.2 Å². The number of esters is 1. The number of hydrogen-bond acceptors (Lipinski definition) is 7. The molecule has 0 aliphatic carbocycles. The summed E-state index contributed by atoms with van der Waals surface area (Å²) < 4.78 is 19.7. The van der Waals surface area contributed by atoms with Gasteiger partial charge in [-0.1, -0.05) is 65.4 Å². The average Bonchev–Trinajstić information content (AvgIpc) is 3.26. The van der Waals surface area contributed by atoms with Crippen molar-refractivity contribution in [3.63, 3.8) is 0 Å². The lowest BCUT2D eigenvalue weighted by atomic mass is 9.96. The number of benzene rings is 3. The van der Waals surface area contributed by atoms with E-state index in [9.17, 15) is 9.59 Å². The van der Waals surface area contributed by atoms with Crippen LogP contribution in [-0.4, -0.2) is 24.3 Å². The number of thiazole rings is 1. The number of hydrogen-bond donors (Lipinski definition) is 0. The second-order valence-corrected chi connectivity index (χ2v) is 11.5. The first-order chi connectivity index (χ1) is 19.8. The second kappa shape index (κ2) is 12.5. The third-order valence-electron chi connectivity index (χ3n) is 6.48. The zero-order chi connectivity index (χ0) is 29.1. The third kappa shape index (κ3) is 6.02. The largest absolute Gasteiger partial charge is 0.493 e. The highest BCUT2D eigenvalue weighted by Crippen LogP contribution is 2.37. The molecule has 0 bridgehead atoms. The van der Waals surface area contributed by atoms with Crippen LogP contribution in [-0.2, 0) is 16.1 Å². The molecule has 2 heterocycles. The van der Waals surface area contributed by atoms with E-state index in [0.29, 0.717) is 48.2 Å². The van der Waals surface area contributed by atoms with Crippen molar-refractivity contribution in [2.75, 3.05) is 13.7 Å². The van der Waals surface area contributed by atoms with Gasteiger partial charge in [-0.3, -0.25) is 9.36 Å². The fraction of sp³-hybridized carbons (Fsp3) is 0.194. The number of methoxy groups -OCH3 is 1.